The van der Waals surface area contributed by atoms with Gasteiger partial charge in [-0.05, 0) is 37.1 Å². The summed E-state index contributed by atoms with van der Waals surface area (Å²) >= 11 is 0. The van der Waals surface area contributed by atoms with Gasteiger partial charge in [0.05, 0.1) is 7.11 Å². The summed E-state index contributed by atoms with van der Waals surface area (Å²) in [6, 6.07) is 5.85. The first-order valence-electron chi connectivity index (χ1n) is 6.13. The average Bonchev–Trinajstić information content (AvgIpc) is 2.40. The highest BCUT2D eigenvalue weighted by molar-refractivity contribution is 5.82. The highest BCUT2D eigenvalue weighted by atomic mass is 16.5. The zero-order valence-electron chi connectivity index (χ0n) is 11.9. The van der Waals surface area contributed by atoms with E-state index in [0.717, 1.165) is 28.0 Å². The average molecular weight is 255 g/mol. The molecule has 0 saturated heterocycles. The molecule has 2 nitrogen and oxygen atoms in total. The first-order valence-corrected chi connectivity index (χ1v) is 6.13. The molecule has 0 bridgehead atoms. The highest BCUT2D eigenvalue weighted by Crippen LogP contribution is 2.28. The minimum Gasteiger partial charge on any atom is -0.497 e. The molecule has 0 atom stereocenters. The van der Waals surface area contributed by atoms with E-state index in [0.29, 0.717) is 5.76 Å². The summed E-state index contributed by atoms with van der Waals surface area (Å²) < 4.78 is 5.24. The molecule has 0 fully saturated rings. The maximum Gasteiger partial charge on any atom is 0.119 e. The van der Waals surface area contributed by atoms with Crippen molar-refractivity contribution in [2.75, 3.05) is 12.8 Å². The summed E-state index contributed by atoms with van der Waals surface area (Å²) in [5, 5.41) is 0. The van der Waals surface area contributed by atoms with Gasteiger partial charge in [-0.15, -0.1) is 0 Å². The lowest BCUT2D eigenvalue weighted by molar-refractivity contribution is 0.313. The topological polar surface area (TPSA) is 35.2 Å². The minimum atomic E-state index is 0.621. The predicted octanol–water partition coefficient (Wildman–Crippen LogP) is 4.42. The van der Waals surface area contributed by atoms with Crippen LogP contribution in [0.4, 0.5) is 5.69 Å². The number of hydrogen-bond acceptors (Lipinski definition) is 2. The second kappa shape index (κ2) is 6.64. The van der Waals surface area contributed by atoms with E-state index in [4.69, 9.17) is 10.5 Å². The van der Waals surface area contributed by atoms with Gasteiger partial charge in [0, 0.05) is 16.8 Å². The molecule has 2 heteroatoms. The molecule has 2 N–H and O–H groups in total. The number of anilines is 1. The summed E-state index contributed by atoms with van der Waals surface area (Å²) in [5.41, 5.74) is 10.5. The van der Waals surface area contributed by atoms with Crippen molar-refractivity contribution in [3.8, 4) is 0 Å². The molecule has 1 rings (SSSR count). The first-order chi connectivity index (χ1) is 9.01. The number of benzene rings is 1. The fraction of sp³-hybridized carbons (Fsp3) is 0.176. The second-order valence-electron chi connectivity index (χ2n) is 4.32. The van der Waals surface area contributed by atoms with Gasteiger partial charge in [0.25, 0.3) is 0 Å². The normalized spacial score (nSPS) is 11.6. The van der Waals surface area contributed by atoms with E-state index < -0.39 is 0 Å². The molecule has 1 aromatic carbocycles. The van der Waals surface area contributed by atoms with E-state index in [9.17, 15) is 0 Å². The van der Waals surface area contributed by atoms with Gasteiger partial charge in [0.2, 0.25) is 0 Å². The van der Waals surface area contributed by atoms with Gasteiger partial charge in [0.1, 0.15) is 5.76 Å². The van der Waals surface area contributed by atoms with Gasteiger partial charge in [-0.25, -0.2) is 0 Å². The zero-order chi connectivity index (χ0) is 14.4. The third-order valence-corrected chi connectivity index (χ3v) is 2.83. The van der Waals surface area contributed by atoms with Crippen LogP contribution in [0.1, 0.15) is 25.0 Å². The Morgan fingerprint density at radius 2 is 2.00 bits per heavy atom. The minimum absolute atomic E-state index is 0.621. The van der Waals surface area contributed by atoms with Crippen molar-refractivity contribution in [1.82, 2.24) is 0 Å². The smallest absolute Gasteiger partial charge is 0.119 e. The van der Waals surface area contributed by atoms with Crippen LogP contribution in [0.15, 0.2) is 55.3 Å². The van der Waals surface area contributed by atoms with Crippen LogP contribution in [-0.2, 0) is 4.74 Å². The van der Waals surface area contributed by atoms with Crippen LogP contribution >= 0.6 is 0 Å². The van der Waals surface area contributed by atoms with Crippen molar-refractivity contribution in [1.29, 1.82) is 0 Å². The van der Waals surface area contributed by atoms with Crippen LogP contribution in [0, 0.1) is 0 Å². The summed E-state index contributed by atoms with van der Waals surface area (Å²) in [7, 11) is 1.61. The van der Waals surface area contributed by atoms with Crippen molar-refractivity contribution in [2.45, 2.75) is 13.8 Å². The van der Waals surface area contributed by atoms with Gasteiger partial charge in [-0.3, -0.25) is 0 Å². The van der Waals surface area contributed by atoms with Gasteiger partial charge in [-0.2, -0.15) is 0 Å². The Hall–Kier alpha value is -2.22. The molecule has 0 heterocycles. The quantitative estimate of drug-likeness (QED) is 0.480. The van der Waals surface area contributed by atoms with Crippen molar-refractivity contribution in [2.24, 2.45) is 0 Å². The fourth-order valence-corrected chi connectivity index (χ4v) is 1.75. The number of hydrogen-bond donors (Lipinski definition) is 1. The lowest BCUT2D eigenvalue weighted by Gasteiger charge is -2.13. The summed E-state index contributed by atoms with van der Waals surface area (Å²) in [4.78, 5) is 0. The maximum absolute atomic E-state index is 5.95. The predicted molar refractivity (Wildman–Crippen MR) is 84.5 cm³/mol. The Kier molecular flexibility index (Phi) is 5.19. The number of nitrogen functional groups attached to an aromatic ring is 1. The largest absolute Gasteiger partial charge is 0.497 e. The number of methoxy groups -OCH3 is 1. The standard InChI is InChI=1S/C17H21NO/c1-6-7-8-15(13(4)19-5)14-9-10-17(18)16(11-14)12(2)3/h6-11H,2,4,18H2,1,3,5H3/b7-6-,15-8+. The Morgan fingerprint density at radius 3 is 2.53 bits per heavy atom. The van der Waals surface area contributed by atoms with Crippen molar-refractivity contribution in [3.05, 3.63) is 66.5 Å². The summed E-state index contributed by atoms with van der Waals surface area (Å²) in [6.07, 6.45) is 5.88. The van der Waals surface area contributed by atoms with Gasteiger partial charge in [0.15, 0.2) is 0 Å². The van der Waals surface area contributed by atoms with Crippen LogP contribution in [-0.4, -0.2) is 7.11 Å². The lowest BCUT2D eigenvalue weighted by Crippen LogP contribution is -1.96. The lowest BCUT2D eigenvalue weighted by atomic mass is 9.97. The Morgan fingerprint density at radius 1 is 1.32 bits per heavy atom. The molecule has 0 aromatic heterocycles. The van der Waals surface area contributed by atoms with Crippen LogP contribution in [0.5, 0.6) is 0 Å². The molecular weight excluding hydrogens is 234 g/mol. The van der Waals surface area contributed by atoms with Crippen LogP contribution in [0.3, 0.4) is 0 Å². The number of nitrogens with two attached hydrogens (primary N) is 1. The molecule has 0 amide bonds. The Labute approximate surface area is 115 Å². The molecule has 19 heavy (non-hydrogen) atoms. The van der Waals surface area contributed by atoms with Crippen molar-refractivity contribution < 1.29 is 4.74 Å². The molecule has 1 aromatic rings. The molecule has 0 aliphatic rings. The van der Waals surface area contributed by atoms with E-state index in [1.807, 2.05) is 50.3 Å². The summed E-state index contributed by atoms with van der Waals surface area (Å²) in [5.74, 6) is 0.621. The molecule has 0 aliphatic heterocycles. The second-order valence-corrected chi connectivity index (χ2v) is 4.32. The van der Waals surface area contributed by atoms with E-state index >= 15 is 0 Å². The number of rotatable bonds is 5. The first kappa shape index (κ1) is 14.8. The number of ether oxygens (including phenoxy) is 1. The number of allylic oxidation sites excluding steroid dienone is 5. The SMILES string of the molecule is C=C(OC)/C(=C\C=C/C)c1ccc(N)c(C(=C)C)c1. The van der Waals surface area contributed by atoms with Crippen LogP contribution < -0.4 is 5.73 Å². The fourth-order valence-electron chi connectivity index (χ4n) is 1.75. The Balaban J connectivity index is 3.35. The molecule has 100 valence electrons. The molecule has 0 spiro atoms. The molecule has 0 saturated carbocycles. The van der Waals surface area contributed by atoms with Gasteiger partial charge in [-0.1, -0.05) is 37.5 Å². The maximum atomic E-state index is 5.95. The van der Waals surface area contributed by atoms with Gasteiger partial charge >= 0.3 is 0 Å². The summed E-state index contributed by atoms with van der Waals surface area (Å²) in [6.45, 7) is 11.8. The van der Waals surface area contributed by atoms with Crippen molar-refractivity contribution in [3.63, 3.8) is 0 Å². The van der Waals surface area contributed by atoms with Crippen LogP contribution in [0.2, 0.25) is 0 Å². The van der Waals surface area contributed by atoms with E-state index in [1.165, 1.54) is 0 Å². The zero-order valence-corrected chi connectivity index (χ0v) is 11.9. The third-order valence-electron chi connectivity index (χ3n) is 2.83. The monoisotopic (exact) mass is 255 g/mol. The van der Waals surface area contributed by atoms with Crippen LogP contribution in [0.25, 0.3) is 11.1 Å². The third kappa shape index (κ3) is 3.62. The molecule has 0 aliphatic carbocycles. The van der Waals surface area contributed by atoms with E-state index in [1.54, 1.807) is 7.11 Å². The Bertz CT molecular complexity index is 550. The van der Waals surface area contributed by atoms with E-state index in [-0.39, 0.29) is 0 Å². The molecule has 0 unspecified atom stereocenters. The molecular formula is C17H21NO. The molecule has 0 radical (unpaired) electrons. The highest BCUT2D eigenvalue weighted by Gasteiger charge is 2.09. The van der Waals surface area contributed by atoms with Gasteiger partial charge < -0.3 is 10.5 Å². The van der Waals surface area contributed by atoms with E-state index in [2.05, 4.69) is 13.2 Å². The van der Waals surface area contributed by atoms with Crippen molar-refractivity contribution >= 4 is 16.8 Å².